The zero-order valence-electron chi connectivity index (χ0n) is 10.1. The summed E-state index contributed by atoms with van der Waals surface area (Å²) in [6.45, 7) is 2.93. The van der Waals surface area contributed by atoms with E-state index in [1.807, 2.05) is 4.90 Å². The molecule has 0 bridgehead atoms. The van der Waals surface area contributed by atoms with Gasteiger partial charge in [0.2, 0.25) is 0 Å². The predicted octanol–water partition coefficient (Wildman–Crippen LogP) is 2.71. The van der Waals surface area contributed by atoms with Gasteiger partial charge in [-0.1, -0.05) is 15.9 Å². The number of β-amino-alcohol motifs (C(OH)–C–C–N with tert-alkyl or cyclic N) is 1. The maximum atomic E-state index is 11.1. The summed E-state index contributed by atoms with van der Waals surface area (Å²) < 4.78 is 0.682. The maximum Gasteiger partial charge on any atom is 0.293 e. The zero-order valence-corrected chi connectivity index (χ0v) is 11.7. The smallest absolute Gasteiger partial charge is 0.293 e. The van der Waals surface area contributed by atoms with Gasteiger partial charge in [-0.15, -0.1) is 0 Å². The molecule has 0 radical (unpaired) electrons. The summed E-state index contributed by atoms with van der Waals surface area (Å²) in [6, 6.07) is 5.01. The normalized spacial score (nSPS) is 24.1. The second kappa shape index (κ2) is 4.85. The molecule has 1 unspecified atom stereocenters. The van der Waals surface area contributed by atoms with Gasteiger partial charge in [0.05, 0.1) is 10.5 Å². The van der Waals surface area contributed by atoms with E-state index < -0.39 is 5.60 Å². The van der Waals surface area contributed by atoms with Gasteiger partial charge in [0.15, 0.2) is 0 Å². The van der Waals surface area contributed by atoms with Crippen LogP contribution in [0.3, 0.4) is 0 Å². The van der Waals surface area contributed by atoms with Gasteiger partial charge < -0.3 is 10.0 Å². The third-order valence-electron chi connectivity index (χ3n) is 3.15. The summed E-state index contributed by atoms with van der Waals surface area (Å²) in [5.74, 6) is 0. The molecule has 0 aliphatic carbocycles. The molecular weight excluding hydrogens is 300 g/mol. The van der Waals surface area contributed by atoms with Gasteiger partial charge in [0, 0.05) is 23.6 Å². The van der Waals surface area contributed by atoms with Crippen LogP contribution in [0.5, 0.6) is 0 Å². The van der Waals surface area contributed by atoms with Gasteiger partial charge in [0.25, 0.3) is 5.69 Å². The second-order valence-electron chi connectivity index (χ2n) is 4.91. The highest BCUT2D eigenvalue weighted by Gasteiger charge is 2.31. The molecule has 98 valence electrons. The number of benzene rings is 1. The van der Waals surface area contributed by atoms with Crippen LogP contribution in [0.1, 0.15) is 19.8 Å². The van der Waals surface area contributed by atoms with E-state index in [1.54, 1.807) is 19.1 Å². The minimum Gasteiger partial charge on any atom is -0.388 e. The number of halogens is 1. The van der Waals surface area contributed by atoms with Gasteiger partial charge in [-0.05, 0) is 31.9 Å². The quantitative estimate of drug-likeness (QED) is 0.673. The molecule has 1 aromatic rings. The lowest BCUT2D eigenvalue weighted by Crippen LogP contribution is -2.46. The van der Waals surface area contributed by atoms with Crippen LogP contribution in [0.25, 0.3) is 0 Å². The standard InChI is InChI=1S/C12H15BrN2O3/c1-12(16)5-2-6-14(8-12)10-4-3-9(13)7-11(10)15(17)18/h3-4,7,16H,2,5-6,8H2,1H3. The highest BCUT2D eigenvalue weighted by Crippen LogP contribution is 2.34. The van der Waals surface area contributed by atoms with E-state index in [9.17, 15) is 15.2 Å². The minimum atomic E-state index is -0.779. The van der Waals surface area contributed by atoms with Crippen molar-refractivity contribution in [2.75, 3.05) is 18.0 Å². The summed E-state index contributed by atoms with van der Waals surface area (Å²) in [5.41, 5.74) is -0.135. The van der Waals surface area contributed by atoms with Crippen LogP contribution in [-0.2, 0) is 0 Å². The average molecular weight is 315 g/mol. The molecule has 1 aromatic carbocycles. The Labute approximate surface area is 114 Å². The lowest BCUT2D eigenvalue weighted by atomic mass is 9.94. The number of piperidine rings is 1. The number of aliphatic hydroxyl groups is 1. The molecule has 1 atom stereocenters. The van der Waals surface area contributed by atoms with Crippen LogP contribution in [0.4, 0.5) is 11.4 Å². The first-order valence-corrected chi connectivity index (χ1v) is 6.60. The predicted molar refractivity (Wildman–Crippen MR) is 72.9 cm³/mol. The number of hydrogen-bond donors (Lipinski definition) is 1. The number of hydrogen-bond acceptors (Lipinski definition) is 4. The molecule has 1 aliphatic rings. The van der Waals surface area contributed by atoms with Crippen molar-refractivity contribution in [2.24, 2.45) is 0 Å². The first-order chi connectivity index (χ1) is 8.39. The van der Waals surface area contributed by atoms with Crippen LogP contribution in [-0.4, -0.2) is 28.7 Å². The molecule has 1 fully saturated rings. The number of nitro groups is 1. The number of anilines is 1. The molecular formula is C12H15BrN2O3. The average Bonchev–Trinajstić information content (AvgIpc) is 2.27. The van der Waals surface area contributed by atoms with E-state index in [0.717, 1.165) is 19.4 Å². The van der Waals surface area contributed by atoms with Crippen LogP contribution in [0, 0.1) is 10.1 Å². The van der Waals surface area contributed by atoms with E-state index in [4.69, 9.17) is 0 Å². The maximum absolute atomic E-state index is 11.1. The number of nitrogens with zero attached hydrogens (tertiary/aromatic N) is 2. The largest absolute Gasteiger partial charge is 0.388 e. The first kappa shape index (κ1) is 13.3. The van der Waals surface area contributed by atoms with Crippen LogP contribution < -0.4 is 4.90 Å². The van der Waals surface area contributed by atoms with Gasteiger partial charge in [-0.2, -0.15) is 0 Å². The Bertz CT molecular complexity index is 476. The fourth-order valence-electron chi connectivity index (χ4n) is 2.34. The van der Waals surface area contributed by atoms with E-state index >= 15 is 0 Å². The molecule has 1 N–H and O–H groups in total. The molecule has 0 amide bonds. The second-order valence-corrected chi connectivity index (χ2v) is 5.83. The Morgan fingerprint density at radius 3 is 2.89 bits per heavy atom. The van der Waals surface area contributed by atoms with Crippen molar-refractivity contribution in [3.05, 3.63) is 32.8 Å². The van der Waals surface area contributed by atoms with Crippen molar-refractivity contribution in [1.29, 1.82) is 0 Å². The molecule has 18 heavy (non-hydrogen) atoms. The number of rotatable bonds is 2. The first-order valence-electron chi connectivity index (χ1n) is 5.80. The molecule has 0 aromatic heterocycles. The fourth-order valence-corrected chi connectivity index (χ4v) is 2.68. The Hall–Kier alpha value is -1.14. The molecule has 6 heteroatoms. The molecule has 1 saturated heterocycles. The van der Waals surface area contributed by atoms with E-state index in [0.29, 0.717) is 16.7 Å². The molecule has 0 spiro atoms. The Kier molecular flexibility index (Phi) is 3.59. The Morgan fingerprint density at radius 2 is 2.28 bits per heavy atom. The summed E-state index contributed by atoms with van der Waals surface area (Å²) in [5, 5.41) is 21.1. The lowest BCUT2D eigenvalue weighted by Gasteiger charge is -2.37. The summed E-state index contributed by atoms with van der Waals surface area (Å²) >= 11 is 3.24. The van der Waals surface area contributed by atoms with Crippen molar-refractivity contribution < 1.29 is 10.0 Å². The highest BCUT2D eigenvalue weighted by atomic mass is 79.9. The highest BCUT2D eigenvalue weighted by molar-refractivity contribution is 9.10. The van der Waals surface area contributed by atoms with E-state index in [2.05, 4.69) is 15.9 Å². The number of nitro benzene ring substituents is 1. The van der Waals surface area contributed by atoms with Crippen molar-refractivity contribution in [3.8, 4) is 0 Å². The van der Waals surface area contributed by atoms with Crippen molar-refractivity contribution >= 4 is 27.3 Å². The topological polar surface area (TPSA) is 66.6 Å². The van der Waals surface area contributed by atoms with Gasteiger partial charge in [-0.25, -0.2) is 0 Å². The van der Waals surface area contributed by atoms with Gasteiger partial charge in [0.1, 0.15) is 5.69 Å². The van der Waals surface area contributed by atoms with Crippen molar-refractivity contribution in [1.82, 2.24) is 0 Å². The molecule has 0 saturated carbocycles. The van der Waals surface area contributed by atoms with Crippen LogP contribution >= 0.6 is 15.9 Å². The molecule has 1 aliphatic heterocycles. The Balaban J connectivity index is 2.35. The van der Waals surface area contributed by atoms with Crippen LogP contribution in [0.2, 0.25) is 0 Å². The molecule has 1 heterocycles. The molecule has 5 nitrogen and oxygen atoms in total. The zero-order chi connectivity index (χ0) is 13.3. The summed E-state index contributed by atoms with van der Waals surface area (Å²) in [6.07, 6.45) is 1.56. The summed E-state index contributed by atoms with van der Waals surface area (Å²) in [7, 11) is 0. The van der Waals surface area contributed by atoms with Crippen molar-refractivity contribution in [2.45, 2.75) is 25.4 Å². The summed E-state index contributed by atoms with van der Waals surface area (Å²) in [4.78, 5) is 12.6. The van der Waals surface area contributed by atoms with Gasteiger partial charge in [-0.3, -0.25) is 10.1 Å². The van der Waals surface area contributed by atoms with E-state index in [-0.39, 0.29) is 10.6 Å². The van der Waals surface area contributed by atoms with E-state index in [1.165, 1.54) is 6.07 Å². The monoisotopic (exact) mass is 314 g/mol. The van der Waals surface area contributed by atoms with Crippen LogP contribution in [0.15, 0.2) is 22.7 Å². The fraction of sp³-hybridized carbons (Fsp3) is 0.500. The third kappa shape index (κ3) is 2.81. The minimum absolute atomic E-state index is 0.0714. The Morgan fingerprint density at radius 1 is 1.56 bits per heavy atom. The SMILES string of the molecule is CC1(O)CCCN(c2ccc(Br)cc2[N+](=O)[O-])C1. The molecule has 2 rings (SSSR count). The van der Waals surface area contributed by atoms with Gasteiger partial charge >= 0.3 is 0 Å². The van der Waals surface area contributed by atoms with Crippen molar-refractivity contribution in [3.63, 3.8) is 0 Å². The lowest BCUT2D eigenvalue weighted by molar-refractivity contribution is -0.384. The third-order valence-corrected chi connectivity index (χ3v) is 3.64.